The van der Waals surface area contributed by atoms with Crippen LogP contribution < -0.4 is 0 Å². The molecule has 4 nitrogen and oxygen atoms in total. The van der Waals surface area contributed by atoms with Gasteiger partial charge < -0.3 is 15.1 Å². The number of hydrogen-bond acceptors (Lipinski definition) is 3. The van der Waals surface area contributed by atoms with Gasteiger partial charge in [0.15, 0.2) is 0 Å². The third-order valence-corrected chi connectivity index (χ3v) is 5.89. The lowest BCUT2D eigenvalue weighted by Gasteiger charge is -2.45. The highest BCUT2D eigenvalue weighted by Crippen LogP contribution is 2.45. The molecule has 0 bridgehead atoms. The molecule has 27 heavy (non-hydrogen) atoms. The van der Waals surface area contributed by atoms with Crippen molar-refractivity contribution in [1.82, 2.24) is 4.90 Å². The van der Waals surface area contributed by atoms with Gasteiger partial charge in [-0.2, -0.15) is 0 Å². The van der Waals surface area contributed by atoms with E-state index in [2.05, 4.69) is 6.58 Å². The molecule has 1 aromatic carbocycles. The summed E-state index contributed by atoms with van der Waals surface area (Å²) >= 11 is 0. The summed E-state index contributed by atoms with van der Waals surface area (Å²) in [5.74, 6) is 0.0550. The molecule has 4 heteroatoms. The van der Waals surface area contributed by atoms with E-state index >= 15 is 0 Å². The highest BCUT2D eigenvalue weighted by molar-refractivity contribution is 5.94. The van der Waals surface area contributed by atoms with Crippen LogP contribution in [-0.4, -0.2) is 39.7 Å². The molecule has 2 unspecified atom stereocenters. The molecule has 0 aromatic heterocycles. The van der Waals surface area contributed by atoms with E-state index in [0.29, 0.717) is 18.5 Å². The Morgan fingerprint density at radius 3 is 2.74 bits per heavy atom. The lowest BCUT2D eigenvalue weighted by Crippen LogP contribution is -2.47. The van der Waals surface area contributed by atoms with Crippen LogP contribution in [0, 0.1) is 5.41 Å². The monoisotopic (exact) mass is 367 g/mol. The first kappa shape index (κ1) is 19.4. The Morgan fingerprint density at radius 1 is 1.33 bits per heavy atom. The van der Waals surface area contributed by atoms with Gasteiger partial charge in [0, 0.05) is 30.5 Å². The van der Waals surface area contributed by atoms with Crippen LogP contribution in [0.5, 0.6) is 0 Å². The van der Waals surface area contributed by atoms with Gasteiger partial charge in [0.1, 0.15) is 11.4 Å². The van der Waals surface area contributed by atoms with Crippen molar-refractivity contribution in [2.75, 3.05) is 13.1 Å². The number of carbonyl (C=O) groups is 1. The van der Waals surface area contributed by atoms with Gasteiger partial charge in [-0.05, 0) is 56.4 Å². The number of allylic oxidation sites excluding steroid dienone is 2. The molecule has 3 rings (SSSR count). The summed E-state index contributed by atoms with van der Waals surface area (Å²) in [6, 6.07) is 9.38. The summed E-state index contributed by atoms with van der Waals surface area (Å²) < 4.78 is 0. The van der Waals surface area contributed by atoms with E-state index in [-0.39, 0.29) is 17.1 Å². The molecule has 0 saturated carbocycles. The first-order chi connectivity index (χ1) is 12.9. The third-order valence-electron chi connectivity index (χ3n) is 5.89. The average Bonchev–Trinajstić information content (AvgIpc) is 2.68. The Bertz CT molecular complexity index is 763. The van der Waals surface area contributed by atoms with Crippen molar-refractivity contribution in [3.8, 4) is 0 Å². The molecule has 1 saturated heterocycles. The molecule has 1 aliphatic heterocycles. The van der Waals surface area contributed by atoms with Crippen molar-refractivity contribution >= 4 is 5.91 Å². The van der Waals surface area contributed by atoms with Gasteiger partial charge in [0.25, 0.3) is 5.91 Å². The third kappa shape index (κ3) is 4.01. The largest absolute Gasteiger partial charge is 0.509 e. The molecule has 1 aromatic rings. The number of nitrogens with zero attached hydrogens (tertiary/aromatic N) is 1. The molecule has 2 aliphatic rings. The molecule has 2 atom stereocenters. The Hall–Kier alpha value is -2.33. The summed E-state index contributed by atoms with van der Waals surface area (Å²) in [6.45, 7) is 6.83. The van der Waals surface area contributed by atoms with Crippen molar-refractivity contribution in [3.63, 3.8) is 0 Å². The quantitative estimate of drug-likeness (QED) is 0.759. The Kier molecular flexibility index (Phi) is 5.56. The van der Waals surface area contributed by atoms with E-state index in [0.717, 1.165) is 37.8 Å². The van der Waals surface area contributed by atoms with Gasteiger partial charge in [0.05, 0.1) is 0 Å². The second-order valence-electron chi connectivity index (χ2n) is 7.97. The van der Waals surface area contributed by atoms with Crippen molar-refractivity contribution in [1.29, 1.82) is 0 Å². The van der Waals surface area contributed by atoms with Crippen LogP contribution in [0.15, 0.2) is 66.5 Å². The lowest BCUT2D eigenvalue weighted by molar-refractivity contribution is 0.0470. The maximum absolute atomic E-state index is 13.0. The number of carbonyl (C=O) groups excluding carboxylic acids is 1. The molecule has 0 radical (unpaired) electrons. The molecular formula is C23H29NO3. The highest BCUT2D eigenvalue weighted by atomic mass is 16.3. The number of hydrogen-bond donors (Lipinski definition) is 2. The van der Waals surface area contributed by atoms with Crippen LogP contribution in [-0.2, 0) is 0 Å². The average molecular weight is 367 g/mol. The van der Waals surface area contributed by atoms with E-state index in [4.69, 9.17) is 0 Å². The van der Waals surface area contributed by atoms with Crippen LogP contribution in [0.4, 0.5) is 0 Å². The minimum Gasteiger partial charge on any atom is -0.509 e. The Labute approximate surface area is 161 Å². The molecule has 1 aliphatic carbocycles. The number of likely N-dealkylation sites (tertiary alicyclic amines) is 1. The fourth-order valence-corrected chi connectivity index (χ4v) is 4.18. The first-order valence-corrected chi connectivity index (χ1v) is 9.67. The normalized spacial score (nSPS) is 28.3. The fourth-order valence-electron chi connectivity index (χ4n) is 4.18. The SMILES string of the molecule is C=CCCC1(C2=CCC(C)(O)C(O)=C2)CCCN(C(=O)c2ccccc2)C1. The van der Waals surface area contributed by atoms with Crippen LogP contribution >= 0.6 is 0 Å². The number of aliphatic hydroxyl groups is 2. The zero-order valence-electron chi connectivity index (χ0n) is 16.0. The fraction of sp³-hybridized carbons (Fsp3) is 0.435. The predicted molar refractivity (Wildman–Crippen MR) is 107 cm³/mol. The summed E-state index contributed by atoms with van der Waals surface area (Å²) in [4.78, 5) is 14.9. The van der Waals surface area contributed by atoms with E-state index < -0.39 is 5.60 Å². The second kappa shape index (κ2) is 7.73. The van der Waals surface area contributed by atoms with E-state index in [1.54, 1.807) is 13.0 Å². The maximum Gasteiger partial charge on any atom is 0.253 e. The minimum atomic E-state index is -1.21. The van der Waals surface area contributed by atoms with E-state index in [1.807, 2.05) is 47.4 Å². The van der Waals surface area contributed by atoms with Gasteiger partial charge in [-0.15, -0.1) is 6.58 Å². The molecule has 1 heterocycles. The molecule has 1 fully saturated rings. The van der Waals surface area contributed by atoms with Crippen molar-refractivity contribution in [2.24, 2.45) is 5.41 Å². The number of rotatable bonds is 5. The number of piperidine rings is 1. The van der Waals surface area contributed by atoms with E-state index in [1.165, 1.54) is 0 Å². The van der Waals surface area contributed by atoms with Gasteiger partial charge >= 0.3 is 0 Å². The predicted octanol–water partition coefficient (Wildman–Crippen LogP) is 4.40. The summed E-state index contributed by atoms with van der Waals surface area (Å²) in [7, 11) is 0. The molecule has 2 N–H and O–H groups in total. The second-order valence-corrected chi connectivity index (χ2v) is 7.97. The van der Waals surface area contributed by atoms with Gasteiger partial charge in [-0.25, -0.2) is 0 Å². The molecular weight excluding hydrogens is 338 g/mol. The van der Waals surface area contributed by atoms with Crippen LogP contribution in [0.2, 0.25) is 0 Å². The zero-order chi connectivity index (χ0) is 19.5. The van der Waals surface area contributed by atoms with Gasteiger partial charge in [-0.1, -0.05) is 30.4 Å². The Balaban J connectivity index is 1.89. The number of aliphatic hydroxyl groups excluding tert-OH is 1. The maximum atomic E-state index is 13.0. The van der Waals surface area contributed by atoms with Crippen LogP contribution in [0.25, 0.3) is 0 Å². The minimum absolute atomic E-state index is 0.00416. The van der Waals surface area contributed by atoms with Crippen molar-refractivity contribution in [2.45, 2.75) is 44.6 Å². The summed E-state index contributed by atoms with van der Waals surface area (Å²) in [5, 5.41) is 20.6. The number of benzene rings is 1. The zero-order valence-corrected chi connectivity index (χ0v) is 16.0. The first-order valence-electron chi connectivity index (χ1n) is 9.67. The summed E-state index contributed by atoms with van der Waals surface area (Å²) in [5.41, 5.74) is 0.300. The molecule has 144 valence electrons. The molecule has 0 spiro atoms. The van der Waals surface area contributed by atoms with E-state index in [9.17, 15) is 15.0 Å². The topological polar surface area (TPSA) is 60.8 Å². The standard InChI is InChI=1S/C23H29NO3/c1-3-4-12-23(19-11-14-22(2,27)20(25)16-19)13-8-15-24(17-23)21(26)18-9-6-5-7-10-18/h3,5-7,9-11,16,25,27H,1,4,8,12-15,17H2,2H3. The molecule has 1 amide bonds. The highest BCUT2D eigenvalue weighted by Gasteiger charge is 2.41. The van der Waals surface area contributed by atoms with Gasteiger partial charge in [0.2, 0.25) is 0 Å². The van der Waals surface area contributed by atoms with Gasteiger partial charge in [-0.3, -0.25) is 4.79 Å². The van der Waals surface area contributed by atoms with Crippen LogP contribution in [0.3, 0.4) is 0 Å². The van der Waals surface area contributed by atoms with Crippen LogP contribution in [0.1, 0.15) is 49.4 Å². The number of amides is 1. The van der Waals surface area contributed by atoms with Crippen molar-refractivity contribution in [3.05, 3.63) is 72.0 Å². The Morgan fingerprint density at radius 2 is 2.07 bits per heavy atom. The summed E-state index contributed by atoms with van der Waals surface area (Å²) in [6.07, 6.45) is 9.61. The van der Waals surface area contributed by atoms with Crippen molar-refractivity contribution < 1.29 is 15.0 Å². The lowest BCUT2D eigenvalue weighted by atomic mass is 9.68. The smallest absolute Gasteiger partial charge is 0.253 e.